The Hall–Kier alpha value is -2.14. The normalized spacial score (nSPS) is 19.5. The lowest BCUT2D eigenvalue weighted by Gasteiger charge is -2.33. The minimum Gasteiger partial charge on any atom is -0.361 e. The first-order chi connectivity index (χ1) is 11.2. The number of piperidine rings is 1. The van der Waals surface area contributed by atoms with E-state index in [2.05, 4.69) is 52.0 Å². The minimum absolute atomic E-state index is 0.340. The fourth-order valence-electron chi connectivity index (χ4n) is 3.55. The van der Waals surface area contributed by atoms with Crippen LogP contribution >= 0.6 is 0 Å². The zero-order valence-electron chi connectivity index (χ0n) is 13.7. The van der Waals surface area contributed by atoms with Crippen LogP contribution in [0.3, 0.4) is 0 Å². The van der Waals surface area contributed by atoms with Crippen LogP contribution in [0.25, 0.3) is 5.65 Å². The van der Waals surface area contributed by atoms with Crippen LogP contribution in [-0.2, 0) is 6.54 Å². The Labute approximate surface area is 135 Å². The summed E-state index contributed by atoms with van der Waals surface area (Å²) in [4.78, 5) is 7.30. The van der Waals surface area contributed by atoms with E-state index in [1.807, 2.05) is 6.92 Å². The van der Waals surface area contributed by atoms with E-state index in [0.717, 1.165) is 42.3 Å². The number of aromatic nitrogens is 3. The molecule has 1 aliphatic heterocycles. The van der Waals surface area contributed by atoms with Crippen molar-refractivity contribution in [2.75, 3.05) is 6.54 Å². The Morgan fingerprint density at radius 3 is 3.00 bits per heavy atom. The molecule has 1 atom stereocenters. The highest BCUT2D eigenvalue weighted by molar-refractivity contribution is 5.47. The van der Waals surface area contributed by atoms with Crippen molar-refractivity contribution >= 4 is 5.65 Å². The lowest BCUT2D eigenvalue weighted by Crippen LogP contribution is -2.33. The fraction of sp³-hybridized carbons (Fsp3) is 0.444. The first-order valence-corrected chi connectivity index (χ1v) is 8.31. The summed E-state index contributed by atoms with van der Waals surface area (Å²) in [5.74, 6) is 0.883. The molecule has 1 saturated heterocycles. The Morgan fingerprint density at radius 1 is 1.30 bits per heavy atom. The molecule has 1 fully saturated rings. The van der Waals surface area contributed by atoms with Gasteiger partial charge in [0.2, 0.25) is 0 Å². The second kappa shape index (κ2) is 5.81. The number of fused-ring (bicyclic) bond motifs is 1. The zero-order valence-corrected chi connectivity index (χ0v) is 13.7. The molecule has 0 aromatic carbocycles. The van der Waals surface area contributed by atoms with Crippen LogP contribution in [0.1, 0.15) is 48.0 Å². The molecule has 120 valence electrons. The van der Waals surface area contributed by atoms with Crippen molar-refractivity contribution in [3.05, 3.63) is 53.3 Å². The van der Waals surface area contributed by atoms with Crippen molar-refractivity contribution in [1.29, 1.82) is 0 Å². The summed E-state index contributed by atoms with van der Waals surface area (Å²) in [7, 11) is 0. The van der Waals surface area contributed by atoms with Crippen LogP contribution in [0.4, 0.5) is 0 Å². The van der Waals surface area contributed by atoms with Gasteiger partial charge in [-0.1, -0.05) is 17.6 Å². The van der Waals surface area contributed by atoms with E-state index in [-0.39, 0.29) is 0 Å². The molecule has 0 unspecified atom stereocenters. The van der Waals surface area contributed by atoms with Gasteiger partial charge in [-0.2, -0.15) is 0 Å². The van der Waals surface area contributed by atoms with Gasteiger partial charge in [-0.15, -0.1) is 0 Å². The molecule has 0 radical (unpaired) electrons. The maximum Gasteiger partial charge on any atom is 0.139 e. The third-order valence-electron chi connectivity index (χ3n) is 4.69. The van der Waals surface area contributed by atoms with Gasteiger partial charge in [0, 0.05) is 25.0 Å². The predicted molar refractivity (Wildman–Crippen MR) is 88.2 cm³/mol. The highest BCUT2D eigenvalue weighted by Crippen LogP contribution is 2.31. The van der Waals surface area contributed by atoms with E-state index in [1.165, 1.54) is 18.4 Å². The van der Waals surface area contributed by atoms with Crippen LogP contribution in [0.15, 0.2) is 35.1 Å². The van der Waals surface area contributed by atoms with Gasteiger partial charge in [-0.3, -0.25) is 4.90 Å². The Balaban J connectivity index is 1.60. The van der Waals surface area contributed by atoms with Gasteiger partial charge >= 0.3 is 0 Å². The van der Waals surface area contributed by atoms with Crippen LogP contribution in [-0.4, -0.2) is 26.0 Å². The Bertz CT molecular complexity index is 819. The second-order valence-electron chi connectivity index (χ2n) is 6.50. The lowest BCUT2D eigenvalue weighted by atomic mass is 9.99. The summed E-state index contributed by atoms with van der Waals surface area (Å²) in [5, 5.41) is 4.25. The molecule has 3 aromatic rings. The van der Waals surface area contributed by atoms with Crippen LogP contribution in [0.2, 0.25) is 0 Å². The van der Waals surface area contributed by atoms with Crippen molar-refractivity contribution in [3.63, 3.8) is 0 Å². The average molecular weight is 310 g/mol. The monoisotopic (exact) mass is 310 g/mol. The molecule has 4 rings (SSSR count). The Morgan fingerprint density at radius 2 is 2.22 bits per heavy atom. The van der Waals surface area contributed by atoms with Crippen molar-refractivity contribution in [2.24, 2.45) is 0 Å². The van der Waals surface area contributed by atoms with E-state index in [1.54, 1.807) is 0 Å². The molecule has 0 N–H and O–H groups in total. The number of nitrogens with zero attached hydrogens (tertiary/aromatic N) is 4. The van der Waals surface area contributed by atoms with Crippen LogP contribution in [0.5, 0.6) is 0 Å². The number of aryl methyl sites for hydroxylation is 2. The van der Waals surface area contributed by atoms with Crippen molar-refractivity contribution in [1.82, 2.24) is 19.4 Å². The second-order valence-corrected chi connectivity index (χ2v) is 6.50. The largest absolute Gasteiger partial charge is 0.361 e. The summed E-state index contributed by atoms with van der Waals surface area (Å²) in [6.45, 7) is 6.00. The zero-order chi connectivity index (χ0) is 15.8. The Kier molecular flexibility index (Phi) is 3.65. The average Bonchev–Trinajstić information content (AvgIpc) is 3.15. The molecule has 0 amide bonds. The van der Waals surface area contributed by atoms with Crippen molar-refractivity contribution in [2.45, 2.75) is 45.7 Å². The van der Waals surface area contributed by atoms with E-state index in [9.17, 15) is 0 Å². The number of imidazole rings is 1. The van der Waals surface area contributed by atoms with Gasteiger partial charge in [-0.25, -0.2) is 4.98 Å². The van der Waals surface area contributed by atoms with Gasteiger partial charge in [0.1, 0.15) is 17.1 Å². The quantitative estimate of drug-likeness (QED) is 0.740. The molecule has 23 heavy (non-hydrogen) atoms. The molecule has 4 heterocycles. The van der Waals surface area contributed by atoms with Crippen LogP contribution in [0, 0.1) is 13.8 Å². The van der Waals surface area contributed by atoms with Gasteiger partial charge in [0.05, 0.1) is 11.7 Å². The van der Waals surface area contributed by atoms with Crippen LogP contribution < -0.4 is 0 Å². The standard InChI is InChI=1S/C18H22N4O/c1-13-6-5-9-22-12-15(19-18(13)22)11-21-8-4-3-7-17(21)16-10-14(2)23-20-16/h5-6,9-10,12,17H,3-4,7-8,11H2,1-2H3/t17-/m1/s1. The maximum absolute atomic E-state index is 5.28. The molecule has 5 nitrogen and oxygen atoms in total. The number of rotatable bonds is 3. The van der Waals surface area contributed by atoms with E-state index in [0.29, 0.717) is 6.04 Å². The van der Waals surface area contributed by atoms with Crippen molar-refractivity contribution < 1.29 is 4.52 Å². The summed E-state index contributed by atoms with van der Waals surface area (Å²) in [5.41, 5.74) is 4.43. The van der Waals surface area contributed by atoms with E-state index >= 15 is 0 Å². The molecule has 3 aromatic heterocycles. The SMILES string of the molecule is Cc1cc([C@H]2CCCCN2Cc2cn3cccc(C)c3n2)no1. The predicted octanol–water partition coefficient (Wildman–Crippen LogP) is 3.67. The van der Waals surface area contributed by atoms with E-state index in [4.69, 9.17) is 9.51 Å². The van der Waals surface area contributed by atoms with Gasteiger partial charge in [-0.05, 0) is 44.9 Å². The molecule has 1 aliphatic rings. The first-order valence-electron chi connectivity index (χ1n) is 8.31. The van der Waals surface area contributed by atoms with E-state index < -0.39 is 0 Å². The number of likely N-dealkylation sites (tertiary alicyclic amines) is 1. The highest BCUT2D eigenvalue weighted by atomic mass is 16.5. The summed E-state index contributed by atoms with van der Waals surface area (Å²) < 4.78 is 7.40. The summed E-state index contributed by atoms with van der Waals surface area (Å²) >= 11 is 0. The van der Waals surface area contributed by atoms with Gasteiger partial charge < -0.3 is 8.92 Å². The topological polar surface area (TPSA) is 46.6 Å². The molecule has 0 spiro atoms. The first kappa shape index (κ1) is 14.5. The number of pyridine rings is 1. The number of hydrogen-bond acceptors (Lipinski definition) is 4. The molecule has 0 bridgehead atoms. The fourth-order valence-corrected chi connectivity index (χ4v) is 3.55. The molecule has 5 heteroatoms. The third-order valence-corrected chi connectivity index (χ3v) is 4.69. The number of hydrogen-bond donors (Lipinski definition) is 0. The van der Waals surface area contributed by atoms with Gasteiger partial charge in [0.25, 0.3) is 0 Å². The summed E-state index contributed by atoms with van der Waals surface area (Å²) in [6.07, 6.45) is 7.82. The molecule has 0 aliphatic carbocycles. The minimum atomic E-state index is 0.340. The lowest BCUT2D eigenvalue weighted by molar-refractivity contribution is 0.132. The summed E-state index contributed by atoms with van der Waals surface area (Å²) in [6, 6.07) is 6.58. The van der Waals surface area contributed by atoms with Gasteiger partial charge in [0.15, 0.2) is 0 Å². The highest BCUT2D eigenvalue weighted by Gasteiger charge is 2.27. The van der Waals surface area contributed by atoms with Crippen molar-refractivity contribution in [3.8, 4) is 0 Å². The third kappa shape index (κ3) is 2.77. The molecular formula is C18H22N4O. The smallest absolute Gasteiger partial charge is 0.139 e. The maximum atomic E-state index is 5.28. The molecular weight excluding hydrogens is 288 g/mol. The molecule has 0 saturated carbocycles.